The standard InChI is InChI=1S/C23H23N5O3/c1-4-16-12-18(13-19-14-20(31-22(16)19)23(30)26(2)3)17-6-5-9-27(15-17)21(29)7-10-28-11-8-24-25-28/h1,6,8,11-14H,5,7,9-10,15H2,2-3H3. The zero-order chi connectivity index (χ0) is 22.0. The minimum atomic E-state index is -0.221. The summed E-state index contributed by atoms with van der Waals surface area (Å²) in [5.74, 6) is 2.76. The van der Waals surface area contributed by atoms with Crippen LogP contribution in [0.2, 0.25) is 0 Å². The summed E-state index contributed by atoms with van der Waals surface area (Å²) in [6.07, 6.45) is 12.3. The minimum Gasteiger partial charge on any atom is -0.450 e. The number of rotatable bonds is 5. The maximum absolute atomic E-state index is 12.7. The first-order chi connectivity index (χ1) is 15.0. The summed E-state index contributed by atoms with van der Waals surface area (Å²) < 4.78 is 7.40. The van der Waals surface area contributed by atoms with Crippen LogP contribution >= 0.6 is 0 Å². The first-order valence-electron chi connectivity index (χ1n) is 10.0. The Labute approximate surface area is 180 Å². The van der Waals surface area contributed by atoms with Gasteiger partial charge in [0.1, 0.15) is 0 Å². The molecule has 158 valence electrons. The Morgan fingerprint density at radius 3 is 2.84 bits per heavy atom. The molecule has 3 heterocycles. The number of terminal acetylenes is 1. The number of hydrogen-bond acceptors (Lipinski definition) is 5. The van der Waals surface area contributed by atoms with Crippen LogP contribution < -0.4 is 0 Å². The van der Waals surface area contributed by atoms with Crippen molar-refractivity contribution in [2.24, 2.45) is 0 Å². The average molecular weight is 417 g/mol. The fraction of sp³-hybridized carbons (Fsp3) is 0.304. The minimum absolute atomic E-state index is 0.0709. The molecular formula is C23H23N5O3. The Bertz CT molecular complexity index is 1200. The molecule has 31 heavy (non-hydrogen) atoms. The van der Waals surface area contributed by atoms with Crippen LogP contribution in [0.3, 0.4) is 0 Å². The molecule has 2 aromatic heterocycles. The van der Waals surface area contributed by atoms with Crippen molar-refractivity contribution in [1.29, 1.82) is 0 Å². The molecule has 1 aromatic carbocycles. The van der Waals surface area contributed by atoms with E-state index >= 15 is 0 Å². The number of aromatic nitrogens is 3. The molecule has 0 N–H and O–H groups in total. The van der Waals surface area contributed by atoms with E-state index < -0.39 is 0 Å². The molecule has 0 aliphatic carbocycles. The summed E-state index contributed by atoms with van der Waals surface area (Å²) in [6, 6.07) is 5.55. The SMILES string of the molecule is C#Cc1cc(C2=CCCN(C(=O)CCn3ccnn3)C2)cc2cc(C(=O)N(C)C)oc12. The fourth-order valence-corrected chi connectivity index (χ4v) is 3.66. The lowest BCUT2D eigenvalue weighted by atomic mass is 9.97. The van der Waals surface area contributed by atoms with Crippen LogP contribution in [0.25, 0.3) is 16.5 Å². The second-order valence-corrected chi connectivity index (χ2v) is 7.65. The monoisotopic (exact) mass is 417 g/mol. The van der Waals surface area contributed by atoms with Crippen LogP contribution in [0.15, 0.2) is 41.1 Å². The molecule has 0 saturated heterocycles. The Morgan fingerprint density at radius 1 is 1.29 bits per heavy atom. The molecule has 0 unspecified atom stereocenters. The van der Waals surface area contributed by atoms with Crippen molar-refractivity contribution >= 4 is 28.4 Å². The molecule has 2 amide bonds. The molecule has 0 spiro atoms. The summed E-state index contributed by atoms with van der Waals surface area (Å²) in [7, 11) is 3.34. The maximum Gasteiger partial charge on any atom is 0.289 e. The first-order valence-corrected chi connectivity index (χ1v) is 10.0. The molecule has 8 nitrogen and oxygen atoms in total. The number of nitrogens with zero attached hydrogens (tertiary/aromatic N) is 5. The van der Waals surface area contributed by atoms with E-state index in [1.807, 2.05) is 17.0 Å². The lowest BCUT2D eigenvalue weighted by Crippen LogP contribution is -2.36. The Hall–Kier alpha value is -3.86. The van der Waals surface area contributed by atoms with Crippen LogP contribution in [0.1, 0.15) is 34.5 Å². The van der Waals surface area contributed by atoms with Crippen molar-refractivity contribution in [2.45, 2.75) is 19.4 Å². The van der Waals surface area contributed by atoms with E-state index in [0.29, 0.717) is 37.2 Å². The van der Waals surface area contributed by atoms with Gasteiger partial charge >= 0.3 is 0 Å². The van der Waals surface area contributed by atoms with Gasteiger partial charge in [-0.05, 0) is 35.8 Å². The number of hydrogen-bond donors (Lipinski definition) is 0. The normalized spacial score (nSPS) is 13.7. The lowest BCUT2D eigenvalue weighted by molar-refractivity contribution is -0.131. The van der Waals surface area contributed by atoms with Crippen LogP contribution in [0.5, 0.6) is 0 Å². The van der Waals surface area contributed by atoms with Gasteiger partial charge in [-0.15, -0.1) is 11.5 Å². The van der Waals surface area contributed by atoms with Crippen molar-refractivity contribution in [3.63, 3.8) is 0 Å². The van der Waals surface area contributed by atoms with Gasteiger partial charge in [0.05, 0.1) is 18.3 Å². The lowest BCUT2D eigenvalue weighted by Gasteiger charge is -2.28. The van der Waals surface area contributed by atoms with Gasteiger partial charge < -0.3 is 14.2 Å². The number of amides is 2. The third kappa shape index (κ3) is 4.21. The first kappa shape index (κ1) is 20.4. The third-order valence-corrected chi connectivity index (χ3v) is 5.29. The molecule has 4 rings (SSSR count). The van der Waals surface area contributed by atoms with E-state index in [-0.39, 0.29) is 17.6 Å². The van der Waals surface area contributed by atoms with Gasteiger partial charge in [-0.1, -0.05) is 17.2 Å². The smallest absolute Gasteiger partial charge is 0.289 e. The predicted octanol–water partition coefficient (Wildman–Crippen LogP) is 2.41. The number of furan rings is 1. The number of aryl methyl sites for hydroxylation is 1. The zero-order valence-corrected chi connectivity index (χ0v) is 17.5. The van der Waals surface area contributed by atoms with Crippen molar-refractivity contribution in [3.8, 4) is 12.3 Å². The Kier molecular flexibility index (Phi) is 5.58. The quantitative estimate of drug-likeness (QED) is 0.595. The molecular weight excluding hydrogens is 394 g/mol. The van der Waals surface area contributed by atoms with Crippen LogP contribution in [0.4, 0.5) is 0 Å². The second-order valence-electron chi connectivity index (χ2n) is 7.65. The van der Waals surface area contributed by atoms with Gasteiger partial charge in [0, 0.05) is 45.2 Å². The van der Waals surface area contributed by atoms with Gasteiger partial charge in [-0.25, -0.2) is 0 Å². The summed E-state index contributed by atoms with van der Waals surface area (Å²) in [4.78, 5) is 28.3. The topological polar surface area (TPSA) is 84.5 Å². The van der Waals surface area contributed by atoms with Crippen molar-refractivity contribution < 1.29 is 14.0 Å². The van der Waals surface area contributed by atoms with Crippen LogP contribution in [-0.2, 0) is 11.3 Å². The molecule has 1 aliphatic rings. The highest BCUT2D eigenvalue weighted by Crippen LogP contribution is 2.30. The predicted molar refractivity (Wildman–Crippen MR) is 116 cm³/mol. The molecule has 1 aliphatic heterocycles. The number of carbonyl (C=O) groups is 2. The van der Waals surface area contributed by atoms with Gasteiger partial charge in [0.2, 0.25) is 5.91 Å². The second kappa shape index (κ2) is 8.48. The van der Waals surface area contributed by atoms with Crippen LogP contribution in [-0.4, -0.2) is 63.8 Å². The largest absolute Gasteiger partial charge is 0.450 e. The van der Waals surface area contributed by atoms with E-state index in [2.05, 4.69) is 22.3 Å². The average Bonchev–Trinajstić information content (AvgIpc) is 3.45. The molecule has 0 radical (unpaired) electrons. The van der Waals surface area contributed by atoms with Gasteiger partial charge in [0.25, 0.3) is 5.91 Å². The van der Waals surface area contributed by atoms with E-state index in [4.69, 9.17) is 10.8 Å². The molecule has 0 atom stereocenters. The highest BCUT2D eigenvalue weighted by Gasteiger charge is 2.21. The van der Waals surface area contributed by atoms with Crippen molar-refractivity contribution in [3.05, 3.63) is 53.6 Å². The highest BCUT2D eigenvalue weighted by atomic mass is 16.3. The molecule has 3 aromatic rings. The fourth-order valence-electron chi connectivity index (χ4n) is 3.66. The molecule has 8 heteroatoms. The van der Waals surface area contributed by atoms with E-state index in [1.165, 1.54) is 4.90 Å². The van der Waals surface area contributed by atoms with Gasteiger partial charge in [-0.3, -0.25) is 14.3 Å². The van der Waals surface area contributed by atoms with E-state index in [1.54, 1.807) is 37.2 Å². The number of carbonyl (C=O) groups excluding carboxylic acids is 2. The highest BCUT2D eigenvalue weighted by molar-refractivity contribution is 5.98. The Morgan fingerprint density at radius 2 is 2.13 bits per heavy atom. The van der Waals surface area contributed by atoms with Crippen molar-refractivity contribution in [2.75, 3.05) is 27.2 Å². The third-order valence-electron chi connectivity index (χ3n) is 5.29. The summed E-state index contributed by atoms with van der Waals surface area (Å²) in [5.41, 5.74) is 3.06. The van der Waals surface area contributed by atoms with Crippen molar-refractivity contribution in [1.82, 2.24) is 24.8 Å². The molecule has 0 bridgehead atoms. The zero-order valence-electron chi connectivity index (χ0n) is 17.5. The molecule has 0 saturated carbocycles. The van der Waals surface area contributed by atoms with Gasteiger partial charge in [-0.2, -0.15) is 0 Å². The van der Waals surface area contributed by atoms with Gasteiger partial charge in [0.15, 0.2) is 11.3 Å². The number of benzene rings is 1. The van der Waals surface area contributed by atoms with E-state index in [9.17, 15) is 9.59 Å². The maximum atomic E-state index is 12.7. The van der Waals surface area contributed by atoms with Crippen LogP contribution in [0, 0.1) is 12.3 Å². The van der Waals surface area contributed by atoms with E-state index in [0.717, 1.165) is 22.9 Å². The Balaban J connectivity index is 1.56. The number of fused-ring (bicyclic) bond motifs is 1. The summed E-state index contributed by atoms with van der Waals surface area (Å²) in [6.45, 7) is 1.68. The summed E-state index contributed by atoms with van der Waals surface area (Å²) in [5, 5.41) is 8.43. The molecule has 0 fully saturated rings. The summed E-state index contributed by atoms with van der Waals surface area (Å²) >= 11 is 0.